The van der Waals surface area contributed by atoms with Crippen LogP contribution in [0.15, 0.2) is 41.5 Å². The number of H-pyrrole nitrogens is 1. The van der Waals surface area contributed by atoms with Gasteiger partial charge in [0.05, 0.1) is 18.5 Å². The third-order valence-electron chi connectivity index (χ3n) is 3.47. The van der Waals surface area contributed by atoms with Crippen LogP contribution in [0.25, 0.3) is 11.2 Å². The van der Waals surface area contributed by atoms with Crippen LogP contribution >= 0.6 is 0 Å². The number of carbonyl (C=O) groups excluding carboxylic acids is 2. The largest absolute Gasteiger partial charge is 0.460 e. The summed E-state index contributed by atoms with van der Waals surface area (Å²) in [5, 5.41) is 2.41. The fourth-order valence-corrected chi connectivity index (χ4v) is 2.29. The molecule has 2 heterocycles. The summed E-state index contributed by atoms with van der Waals surface area (Å²) in [7, 11) is 0. The molecule has 1 aromatic carbocycles. The number of nitrogens with one attached hydrogen (secondary N) is 2. The van der Waals surface area contributed by atoms with Crippen LogP contribution in [0.4, 0.5) is 5.95 Å². The molecule has 0 unspecified atom stereocenters. The second kappa shape index (κ2) is 8.23. The first-order valence-corrected chi connectivity index (χ1v) is 8.07. The summed E-state index contributed by atoms with van der Waals surface area (Å²) >= 11 is 0. The Kier molecular flexibility index (Phi) is 5.57. The highest BCUT2D eigenvalue weighted by atomic mass is 16.6. The number of fused-ring (bicyclic) bond motifs is 1. The molecule has 10 nitrogen and oxygen atoms in total. The predicted molar refractivity (Wildman–Crippen MR) is 95.1 cm³/mol. The van der Waals surface area contributed by atoms with Crippen LogP contribution < -0.4 is 10.9 Å². The van der Waals surface area contributed by atoms with Crippen LogP contribution in [0, 0.1) is 0 Å². The average Bonchev–Trinajstić information content (AvgIpc) is 3.05. The Morgan fingerprint density at radius 3 is 2.74 bits per heavy atom. The summed E-state index contributed by atoms with van der Waals surface area (Å²) in [4.78, 5) is 45.4. The summed E-state index contributed by atoms with van der Waals surface area (Å²) < 4.78 is 12.1. The molecule has 0 bridgehead atoms. The summed E-state index contributed by atoms with van der Waals surface area (Å²) in [6.07, 6.45) is 1.40. The normalized spacial score (nSPS) is 10.7. The van der Waals surface area contributed by atoms with E-state index in [4.69, 9.17) is 9.47 Å². The fourth-order valence-electron chi connectivity index (χ4n) is 2.29. The lowest BCUT2D eigenvalue weighted by Crippen LogP contribution is -2.17. The van der Waals surface area contributed by atoms with Gasteiger partial charge in [0.15, 0.2) is 11.2 Å². The number of aromatic amines is 1. The maximum absolute atomic E-state index is 12.0. The van der Waals surface area contributed by atoms with Crippen LogP contribution in [0.2, 0.25) is 0 Å². The Labute approximate surface area is 153 Å². The standard InChI is InChI=1S/C17H17N5O5/c1-11(23)19-17-20-14-13(15(24)21-17)18-9-22(14)10-26-7-8-27-16(25)12-5-3-2-4-6-12/h2-6,9H,7-8,10H2,1H3,(H2,19,20,21,23,24). The van der Waals surface area contributed by atoms with Crippen LogP contribution in [-0.2, 0) is 21.0 Å². The minimum atomic E-state index is -0.473. The van der Waals surface area contributed by atoms with E-state index in [1.54, 1.807) is 24.3 Å². The number of esters is 1. The van der Waals surface area contributed by atoms with Gasteiger partial charge in [-0.15, -0.1) is 0 Å². The van der Waals surface area contributed by atoms with Gasteiger partial charge in [-0.3, -0.25) is 24.5 Å². The first-order chi connectivity index (χ1) is 13.0. The van der Waals surface area contributed by atoms with Gasteiger partial charge in [0, 0.05) is 6.92 Å². The number of rotatable bonds is 7. The van der Waals surface area contributed by atoms with Crippen LogP contribution in [0.5, 0.6) is 0 Å². The van der Waals surface area contributed by atoms with Crippen molar-refractivity contribution in [3.8, 4) is 0 Å². The molecule has 0 fully saturated rings. The Balaban J connectivity index is 1.56. The van der Waals surface area contributed by atoms with E-state index >= 15 is 0 Å². The number of anilines is 1. The molecular formula is C17H17N5O5. The van der Waals surface area contributed by atoms with E-state index in [-0.39, 0.29) is 43.0 Å². The number of hydrogen-bond donors (Lipinski definition) is 2. The number of amides is 1. The van der Waals surface area contributed by atoms with Gasteiger partial charge in [0.25, 0.3) is 5.56 Å². The van der Waals surface area contributed by atoms with Crippen LogP contribution in [0.3, 0.4) is 0 Å². The zero-order valence-corrected chi connectivity index (χ0v) is 14.5. The van der Waals surface area contributed by atoms with Crippen LogP contribution in [-0.4, -0.2) is 44.6 Å². The van der Waals surface area contributed by atoms with E-state index in [1.165, 1.54) is 17.8 Å². The molecule has 0 aliphatic rings. The zero-order chi connectivity index (χ0) is 19.2. The Morgan fingerprint density at radius 2 is 2.00 bits per heavy atom. The van der Waals surface area contributed by atoms with E-state index in [1.807, 2.05) is 6.07 Å². The quantitative estimate of drug-likeness (QED) is 0.466. The summed E-state index contributed by atoms with van der Waals surface area (Å²) in [6.45, 7) is 1.59. The van der Waals surface area contributed by atoms with Gasteiger partial charge in [-0.05, 0) is 12.1 Å². The van der Waals surface area contributed by atoms with E-state index in [0.717, 1.165) is 0 Å². The van der Waals surface area contributed by atoms with Gasteiger partial charge in [-0.1, -0.05) is 18.2 Å². The molecule has 140 valence electrons. The van der Waals surface area contributed by atoms with E-state index < -0.39 is 11.5 Å². The number of carbonyl (C=O) groups is 2. The molecule has 2 N–H and O–H groups in total. The van der Waals surface area contributed by atoms with Crippen molar-refractivity contribution in [1.29, 1.82) is 0 Å². The zero-order valence-electron chi connectivity index (χ0n) is 14.5. The van der Waals surface area contributed by atoms with Crippen molar-refractivity contribution in [3.05, 3.63) is 52.6 Å². The van der Waals surface area contributed by atoms with Gasteiger partial charge < -0.3 is 9.47 Å². The molecule has 27 heavy (non-hydrogen) atoms. The molecule has 0 saturated carbocycles. The molecule has 0 saturated heterocycles. The van der Waals surface area contributed by atoms with Crippen LogP contribution in [0.1, 0.15) is 17.3 Å². The van der Waals surface area contributed by atoms with Gasteiger partial charge >= 0.3 is 5.97 Å². The Morgan fingerprint density at radius 1 is 1.22 bits per heavy atom. The maximum atomic E-state index is 12.0. The molecule has 0 atom stereocenters. The van der Waals surface area contributed by atoms with Crippen molar-refractivity contribution >= 4 is 29.0 Å². The molecule has 2 aromatic heterocycles. The lowest BCUT2D eigenvalue weighted by atomic mass is 10.2. The smallest absolute Gasteiger partial charge is 0.338 e. The second-order valence-electron chi connectivity index (χ2n) is 5.52. The third-order valence-corrected chi connectivity index (χ3v) is 3.47. The molecule has 0 aliphatic heterocycles. The molecule has 10 heteroatoms. The number of imidazole rings is 1. The highest BCUT2D eigenvalue weighted by molar-refractivity contribution is 5.89. The second-order valence-corrected chi connectivity index (χ2v) is 5.52. The van der Waals surface area contributed by atoms with Crippen molar-refractivity contribution in [1.82, 2.24) is 19.5 Å². The molecule has 0 aliphatic carbocycles. The lowest BCUT2D eigenvalue weighted by Gasteiger charge is -2.07. The number of nitrogens with zero attached hydrogens (tertiary/aromatic N) is 3. The summed E-state index contributed by atoms with van der Waals surface area (Å²) in [5.74, 6) is -0.765. The number of benzene rings is 1. The predicted octanol–water partition coefficient (Wildman–Crippen LogP) is 0.909. The maximum Gasteiger partial charge on any atom is 0.338 e. The lowest BCUT2D eigenvalue weighted by molar-refractivity contribution is -0.114. The highest BCUT2D eigenvalue weighted by Gasteiger charge is 2.11. The molecule has 3 aromatic rings. The molecule has 3 rings (SSSR count). The minimum absolute atomic E-state index is 0.0264. The van der Waals surface area contributed by atoms with E-state index in [2.05, 4.69) is 20.3 Å². The van der Waals surface area contributed by atoms with Gasteiger partial charge in [0.1, 0.15) is 13.3 Å². The molecule has 0 spiro atoms. The molecular weight excluding hydrogens is 354 g/mol. The first-order valence-electron chi connectivity index (χ1n) is 8.07. The van der Waals surface area contributed by atoms with Crippen molar-refractivity contribution in [2.45, 2.75) is 13.7 Å². The Hall–Kier alpha value is -3.53. The van der Waals surface area contributed by atoms with Crippen molar-refractivity contribution in [2.75, 3.05) is 18.5 Å². The van der Waals surface area contributed by atoms with Crippen molar-refractivity contribution in [2.24, 2.45) is 0 Å². The monoisotopic (exact) mass is 371 g/mol. The SMILES string of the molecule is CC(=O)Nc1nc2c(ncn2COCCOC(=O)c2ccccc2)c(=O)[nH]1. The fraction of sp³-hybridized carbons (Fsp3) is 0.235. The van der Waals surface area contributed by atoms with E-state index in [0.29, 0.717) is 5.56 Å². The highest BCUT2D eigenvalue weighted by Crippen LogP contribution is 2.08. The van der Waals surface area contributed by atoms with Gasteiger partial charge in [-0.25, -0.2) is 9.78 Å². The average molecular weight is 371 g/mol. The third kappa shape index (κ3) is 4.55. The Bertz CT molecular complexity index is 1010. The summed E-state index contributed by atoms with van der Waals surface area (Å²) in [5.41, 5.74) is 0.387. The topological polar surface area (TPSA) is 128 Å². The van der Waals surface area contributed by atoms with Crippen molar-refractivity contribution < 1.29 is 19.1 Å². The molecule has 1 amide bonds. The molecule has 0 radical (unpaired) electrons. The summed E-state index contributed by atoms with van der Waals surface area (Å²) in [6, 6.07) is 8.64. The minimum Gasteiger partial charge on any atom is -0.460 e. The number of aromatic nitrogens is 4. The number of hydrogen-bond acceptors (Lipinski definition) is 7. The van der Waals surface area contributed by atoms with Gasteiger partial charge in [0.2, 0.25) is 11.9 Å². The van der Waals surface area contributed by atoms with Crippen molar-refractivity contribution in [3.63, 3.8) is 0 Å². The first kappa shape index (κ1) is 18.3. The van der Waals surface area contributed by atoms with Gasteiger partial charge in [-0.2, -0.15) is 4.98 Å². The van der Waals surface area contributed by atoms with E-state index in [9.17, 15) is 14.4 Å². The number of ether oxygens (including phenoxy) is 2.